The van der Waals surface area contributed by atoms with Crippen molar-refractivity contribution < 1.29 is 9.84 Å². The van der Waals surface area contributed by atoms with Crippen LogP contribution in [-0.4, -0.2) is 35.9 Å². The van der Waals surface area contributed by atoms with E-state index in [9.17, 15) is 0 Å². The second kappa shape index (κ2) is 5.88. The monoisotopic (exact) mass is 262 g/mol. The van der Waals surface area contributed by atoms with E-state index >= 15 is 0 Å². The van der Waals surface area contributed by atoms with Crippen molar-refractivity contribution in [3.63, 3.8) is 0 Å². The SMILES string of the molecule is OCCC[C@@H]1C[C@@H]1c1cncc(OC[C@@H]2CCN2)c1. The molecule has 0 bridgehead atoms. The Bertz CT molecular complexity index is 420. The molecule has 3 atom stereocenters. The summed E-state index contributed by atoms with van der Waals surface area (Å²) in [7, 11) is 0. The molecular formula is C15H22N2O2. The lowest BCUT2D eigenvalue weighted by Crippen LogP contribution is -2.46. The molecule has 104 valence electrons. The largest absolute Gasteiger partial charge is 0.490 e. The van der Waals surface area contributed by atoms with Crippen molar-refractivity contribution in [1.82, 2.24) is 10.3 Å². The Morgan fingerprint density at radius 2 is 2.32 bits per heavy atom. The van der Waals surface area contributed by atoms with Gasteiger partial charge in [-0.05, 0) is 55.7 Å². The number of aromatic nitrogens is 1. The summed E-state index contributed by atoms with van der Waals surface area (Å²) < 4.78 is 5.78. The van der Waals surface area contributed by atoms with E-state index in [0.717, 1.165) is 37.7 Å². The Kier molecular flexibility index (Phi) is 3.99. The van der Waals surface area contributed by atoms with Crippen molar-refractivity contribution in [2.45, 2.75) is 37.6 Å². The van der Waals surface area contributed by atoms with E-state index in [2.05, 4.69) is 16.4 Å². The first-order valence-corrected chi connectivity index (χ1v) is 7.29. The number of nitrogens with zero attached hydrogens (tertiary/aromatic N) is 1. The number of hydrogen-bond donors (Lipinski definition) is 2. The summed E-state index contributed by atoms with van der Waals surface area (Å²) in [5.74, 6) is 2.25. The average Bonchev–Trinajstić information content (AvgIpc) is 3.14. The van der Waals surface area contributed by atoms with Gasteiger partial charge in [-0.15, -0.1) is 0 Å². The molecule has 0 radical (unpaired) electrons. The van der Waals surface area contributed by atoms with Crippen LogP contribution in [0.3, 0.4) is 0 Å². The Morgan fingerprint density at radius 3 is 3.05 bits per heavy atom. The summed E-state index contributed by atoms with van der Waals surface area (Å²) in [5, 5.41) is 12.2. The van der Waals surface area contributed by atoms with Gasteiger partial charge in [-0.1, -0.05) is 0 Å². The number of nitrogens with one attached hydrogen (secondary N) is 1. The van der Waals surface area contributed by atoms with Crippen LogP contribution in [0.5, 0.6) is 5.75 Å². The van der Waals surface area contributed by atoms with Gasteiger partial charge >= 0.3 is 0 Å². The second-order valence-electron chi connectivity index (χ2n) is 5.67. The van der Waals surface area contributed by atoms with Crippen LogP contribution in [0.15, 0.2) is 18.5 Å². The third-order valence-corrected chi connectivity index (χ3v) is 4.20. The molecule has 0 amide bonds. The fraction of sp³-hybridized carbons (Fsp3) is 0.667. The standard InChI is InChI=1S/C15H22N2O2/c18-5-1-2-11-7-15(11)12-6-14(9-16-8-12)19-10-13-3-4-17-13/h6,8-9,11,13,15,17-18H,1-5,7,10H2/t11-,13+,15+/m1/s1. The first kappa shape index (κ1) is 12.9. The summed E-state index contributed by atoms with van der Waals surface area (Å²) in [6.07, 6.45) is 8.23. The van der Waals surface area contributed by atoms with Gasteiger partial charge in [0.1, 0.15) is 12.4 Å². The average molecular weight is 262 g/mol. The second-order valence-corrected chi connectivity index (χ2v) is 5.67. The number of hydrogen-bond acceptors (Lipinski definition) is 4. The van der Waals surface area contributed by atoms with Crippen LogP contribution in [0.2, 0.25) is 0 Å². The molecule has 1 aromatic rings. The first-order valence-electron chi connectivity index (χ1n) is 7.29. The maximum atomic E-state index is 8.86. The lowest BCUT2D eigenvalue weighted by atomic mass is 10.1. The molecule has 1 saturated carbocycles. The summed E-state index contributed by atoms with van der Waals surface area (Å²) in [6.45, 7) is 2.16. The van der Waals surface area contributed by atoms with Gasteiger partial charge in [0.05, 0.1) is 6.20 Å². The van der Waals surface area contributed by atoms with Crippen molar-refractivity contribution in [1.29, 1.82) is 0 Å². The molecule has 1 saturated heterocycles. The smallest absolute Gasteiger partial charge is 0.137 e. The molecule has 0 unspecified atom stereocenters. The van der Waals surface area contributed by atoms with E-state index < -0.39 is 0 Å². The topological polar surface area (TPSA) is 54.4 Å². The molecule has 2 aliphatic rings. The molecule has 4 heteroatoms. The van der Waals surface area contributed by atoms with Crippen LogP contribution in [0.25, 0.3) is 0 Å². The lowest BCUT2D eigenvalue weighted by Gasteiger charge is -2.27. The lowest BCUT2D eigenvalue weighted by molar-refractivity contribution is 0.216. The third kappa shape index (κ3) is 3.25. The molecule has 19 heavy (non-hydrogen) atoms. The zero-order valence-corrected chi connectivity index (χ0v) is 11.2. The van der Waals surface area contributed by atoms with Gasteiger partial charge in [-0.25, -0.2) is 0 Å². The Balaban J connectivity index is 1.51. The number of rotatable bonds is 7. The van der Waals surface area contributed by atoms with E-state index in [-0.39, 0.29) is 0 Å². The van der Waals surface area contributed by atoms with Crippen molar-refractivity contribution in [2.75, 3.05) is 19.8 Å². The number of aliphatic hydroxyl groups is 1. The van der Waals surface area contributed by atoms with Gasteiger partial charge in [0.2, 0.25) is 0 Å². The number of pyridine rings is 1. The molecule has 0 aromatic carbocycles. The molecule has 2 N–H and O–H groups in total. The fourth-order valence-electron chi connectivity index (χ4n) is 2.73. The minimum Gasteiger partial charge on any atom is -0.490 e. The van der Waals surface area contributed by atoms with Crippen LogP contribution in [0.1, 0.15) is 37.2 Å². The Hall–Kier alpha value is -1.13. The molecule has 3 rings (SSSR count). The maximum absolute atomic E-state index is 8.86. The summed E-state index contributed by atoms with van der Waals surface area (Å²) in [6, 6.07) is 2.65. The van der Waals surface area contributed by atoms with E-state index in [0.29, 0.717) is 18.6 Å². The van der Waals surface area contributed by atoms with Gasteiger partial charge < -0.3 is 15.2 Å². The first-order chi connectivity index (χ1) is 9.36. The summed E-state index contributed by atoms with van der Waals surface area (Å²) in [5.41, 5.74) is 1.29. The van der Waals surface area contributed by atoms with Crippen LogP contribution in [0, 0.1) is 5.92 Å². The molecule has 4 nitrogen and oxygen atoms in total. The van der Waals surface area contributed by atoms with E-state index in [1.165, 1.54) is 18.4 Å². The fourth-order valence-corrected chi connectivity index (χ4v) is 2.73. The molecule has 1 aliphatic carbocycles. The van der Waals surface area contributed by atoms with Crippen molar-refractivity contribution >= 4 is 0 Å². The van der Waals surface area contributed by atoms with E-state index in [4.69, 9.17) is 9.84 Å². The van der Waals surface area contributed by atoms with Gasteiger partial charge in [-0.2, -0.15) is 0 Å². The molecule has 2 heterocycles. The van der Waals surface area contributed by atoms with E-state index in [1.54, 1.807) is 6.20 Å². The van der Waals surface area contributed by atoms with Crippen LogP contribution in [0.4, 0.5) is 0 Å². The molecule has 0 spiro atoms. The Labute approximate surface area is 114 Å². The zero-order valence-electron chi connectivity index (χ0n) is 11.2. The maximum Gasteiger partial charge on any atom is 0.137 e. The van der Waals surface area contributed by atoms with Gasteiger partial charge in [0.25, 0.3) is 0 Å². The predicted molar refractivity (Wildman–Crippen MR) is 73.3 cm³/mol. The highest BCUT2D eigenvalue weighted by Gasteiger charge is 2.37. The van der Waals surface area contributed by atoms with Crippen molar-refractivity contribution in [3.05, 3.63) is 24.0 Å². The van der Waals surface area contributed by atoms with Gasteiger partial charge in [-0.3, -0.25) is 4.98 Å². The molecule has 1 aliphatic heterocycles. The van der Waals surface area contributed by atoms with Crippen molar-refractivity contribution in [2.24, 2.45) is 5.92 Å². The summed E-state index contributed by atoms with van der Waals surface area (Å²) >= 11 is 0. The zero-order chi connectivity index (χ0) is 13.1. The highest BCUT2D eigenvalue weighted by molar-refractivity contribution is 5.30. The molecular weight excluding hydrogens is 240 g/mol. The molecule has 2 fully saturated rings. The van der Waals surface area contributed by atoms with Crippen LogP contribution >= 0.6 is 0 Å². The predicted octanol–water partition coefficient (Wildman–Crippen LogP) is 1.70. The van der Waals surface area contributed by atoms with Gasteiger partial charge in [0.15, 0.2) is 0 Å². The normalized spacial score (nSPS) is 28.8. The van der Waals surface area contributed by atoms with E-state index in [1.807, 2.05) is 6.20 Å². The van der Waals surface area contributed by atoms with Crippen molar-refractivity contribution in [3.8, 4) is 5.75 Å². The highest BCUT2D eigenvalue weighted by Crippen LogP contribution is 2.50. The number of ether oxygens (including phenoxy) is 1. The third-order valence-electron chi connectivity index (χ3n) is 4.20. The van der Waals surface area contributed by atoms with Crippen LogP contribution in [-0.2, 0) is 0 Å². The van der Waals surface area contributed by atoms with Gasteiger partial charge in [0, 0.05) is 18.8 Å². The number of aliphatic hydroxyl groups excluding tert-OH is 1. The minimum absolute atomic E-state index is 0.305. The molecule has 1 aromatic heterocycles. The highest BCUT2D eigenvalue weighted by atomic mass is 16.5. The quantitative estimate of drug-likeness (QED) is 0.785. The minimum atomic E-state index is 0.305. The Morgan fingerprint density at radius 1 is 1.42 bits per heavy atom. The summed E-state index contributed by atoms with van der Waals surface area (Å²) in [4.78, 5) is 4.29. The van der Waals surface area contributed by atoms with Crippen LogP contribution < -0.4 is 10.1 Å².